The van der Waals surface area contributed by atoms with Crippen molar-refractivity contribution in [3.05, 3.63) is 71.8 Å². The number of thioether (sulfide) groups is 1. The van der Waals surface area contributed by atoms with E-state index in [4.69, 9.17) is 4.84 Å². The fourth-order valence-corrected chi connectivity index (χ4v) is 2.59. The summed E-state index contributed by atoms with van der Waals surface area (Å²) in [6.07, 6.45) is 4.61. The Bertz CT molecular complexity index is 720. The molecule has 136 valence electrons. The van der Waals surface area contributed by atoms with Gasteiger partial charge in [0, 0.05) is 18.2 Å². The van der Waals surface area contributed by atoms with E-state index in [2.05, 4.69) is 10.5 Å². The number of carbonyl (C=O) groups excluding carboxylic acids is 2. The fourth-order valence-electron chi connectivity index (χ4n) is 2.25. The molecule has 0 spiro atoms. The second-order valence-corrected chi connectivity index (χ2v) is 6.55. The molecule has 26 heavy (non-hydrogen) atoms. The van der Waals surface area contributed by atoms with Crippen LogP contribution in [0, 0.1) is 0 Å². The Labute approximate surface area is 157 Å². The molecular weight excluding hydrogens is 348 g/mol. The first-order valence-electron chi connectivity index (χ1n) is 8.32. The summed E-state index contributed by atoms with van der Waals surface area (Å²) in [7, 11) is 0. The first-order valence-corrected chi connectivity index (χ1v) is 9.71. The van der Waals surface area contributed by atoms with E-state index in [0.717, 1.165) is 11.3 Å². The van der Waals surface area contributed by atoms with Crippen LogP contribution in [0.5, 0.6) is 0 Å². The van der Waals surface area contributed by atoms with Gasteiger partial charge in [-0.15, -0.1) is 0 Å². The van der Waals surface area contributed by atoms with Crippen LogP contribution in [0.2, 0.25) is 0 Å². The number of benzene rings is 2. The summed E-state index contributed by atoms with van der Waals surface area (Å²) in [5.74, 6) is -0.00689. The second-order valence-electron chi connectivity index (χ2n) is 5.56. The third kappa shape index (κ3) is 6.72. The maximum Gasteiger partial charge on any atom is 0.357 e. The summed E-state index contributed by atoms with van der Waals surface area (Å²) in [4.78, 5) is 29.8. The van der Waals surface area contributed by atoms with Crippen molar-refractivity contribution >= 4 is 29.9 Å². The molecular formula is C20H22N2O3S. The van der Waals surface area contributed by atoms with E-state index in [1.807, 2.05) is 42.7 Å². The summed E-state index contributed by atoms with van der Waals surface area (Å²) in [5.41, 5.74) is 1.41. The lowest BCUT2D eigenvalue weighted by atomic mass is 10.1. The SMILES string of the molecule is CSCC/C=N\OC(=O)[C@H](Cc1ccccc1)NC(=O)c1ccccc1. The molecule has 2 aromatic rings. The van der Waals surface area contributed by atoms with Crippen molar-refractivity contribution in [1.82, 2.24) is 5.32 Å². The Morgan fingerprint density at radius 1 is 1.12 bits per heavy atom. The molecule has 0 aliphatic heterocycles. The van der Waals surface area contributed by atoms with Crippen LogP contribution in [-0.4, -0.2) is 36.1 Å². The standard InChI is InChI=1S/C20H22N2O3S/c1-26-14-8-13-21-25-20(24)18(15-16-9-4-2-5-10-16)22-19(23)17-11-6-3-7-12-17/h2-7,9-13,18H,8,14-15H2,1H3,(H,22,23)/b21-13-/t18-/m0/s1. The van der Waals surface area contributed by atoms with E-state index in [1.54, 1.807) is 42.2 Å². The maximum atomic E-state index is 12.4. The lowest BCUT2D eigenvalue weighted by molar-refractivity contribution is -0.145. The molecule has 0 saturated carbocycles. The lowest BCUT2D eigenvalue weighted by Crippen LogP contribution is -2.43. The van der Waals surface area contributed by atoms with Gasteiger partial charge in [-0.3, -0.25) is 4.79 Å². The van der Waals surface area contributed by atoms with Gasteiger partial charge in [0.25, 0.3) is 5.91 Å². The topological polar surface area (TPSA) is 67.8 Å². The van der Waals surface area contributed by atoms with Crippen LogP contribution in [0.25, 0.3) is 0 Å². The second kappa shape index (κ2) is 11.1. The Morgan fingerprint density at radius 3 is 2.42 bits per heavy atom. The molecule has 6 heteroatoms. The highest BCUT2D eigenvalue weighted by atomic mass is 32.2. The molecule has 1 N–H and O–H groups in total. The zero-order valence-corrected chi connectivity index (χ0v) is 15.4. The Hall–Kier alpha value is -2.60. The van der Waals surface area contributed by atoms with Gasteiger partial charge in [-0.05, 0) is 36.1 Å². The van der Waals surface area contributed by atoms with E-state index in [9.17, 15) is 9.59 Å². The Kier molecular flexibility index (Phi) is 8.42. The Morgan fingerprint density at radius 2 is 1.77 bits per heavy atom. The molecule has 0 heterocycles. The molecule has 2 rings (SSSR count). The molecule has 0 radical (unpaired) electrons. The quantitative estimate of drug-likeness (QED) is 0.318. The predicted molar refractivity (Wildman–Crippen MR) is 105 cm³/mol. The highest BCUT2D eigenvalue weighted by Crippen LogP contribution is 2.07. The predicted octanol–water partition coefficient (Wildman–Crippen LogP) is 3.31. The summed E-state index contributed by atoms with van der Waals surface area (Å²) in [5, 5.41) is 6.45. The van der Waals surface area contributed by atoms with Crippen LogP contribution in [0.4, 0.5) is 0 Å². The molecule has 0 saturated heterocycles. The van der Waals surface area contributed by atoms with Crippen molar-refractivity contribution in [3.63, 3.8) is 0 Å². The first kappa shape index (κ1) is 19.7. The highest BCUT2D eigenvalue weighted by molar-refractivity contribution is 7.98. The van der Waals surface area contributed by atoms with Gasteiger partial charge in [-0.25, -0.2) is 4.79 Å². The van der Waals surface area contributed by atoms with Gasteiger partial charge in [0.15, 0.2) is 0 Å². The normalized spacial score (nSPS) is 11.9. The van der Waals surface area contributed by atoms with Crippen molar-refractivity contribution in [2.75, 3.05) is 12.0 Å². The summed E-state index contributed by atoms with van der Waals surface area (Å²) >= 11 is 1.69. The van der Waals surface area contributed by atoms with Crippen LogP contribution in [0.3, 0.4) is 0 Å². The molecule has 2 aromatic carbocycles. The van der Waals surface area contributed by atoms with Crippen molar-refractivity contribution in [3.8, 4) is 0 Å². The average Bonchev–Trinajstić information content (AvgIpc) is 2.68. The minimum absolute atomic E-state index is 0.324. The van der Waals surface area contributed by atoms with Crippen LogP contribution >= 0.6 is 11.8 Å². The number of nitrogens with one attached hydrogen (secondary N) is 1. The van der Waals surface area contributed by atoms with Crippen LogP contribution in [0.1, 0.15) is 22.3 Å². The maximum absolute atomic E-state index is 12.4. The molecule has 0 unspecified atom stereocenters. The third-order valence-corrected chi connectivity index (χ3v) is 4.22. The van der Waals surface area contributed by atoms with Gasteiger partial charge >= 0.3 is 5.97 Å². The number of nitrogens with zero attached hydrogens (tertiary/aromatic N) is 1. The first-order chi connectivity index (χ1) is 12.7. The minimum atomic E-state index is -0.817. The van der Waals surface area contributed by atoms with E-state index >= 15 is 0 Å². The van der Waals surface area contributed by atoms with Crippen molar-refractivity contribution < 1.29 is 14.4 Å². The van der Waals surface area contributed by atoms with Crippen LogP contribution in [0.15, 0.2) is 65.8 Å². The number of hydrogen-bond acceptors (Lipinski definition) is 5. The number of amides is 1. The average molecular weight is 370 g/mol. The van der Waals surface area contributed by atoms with Gasteiger partial charge in [0.1, 0.15) is 6.04 Å². The number of rotatable bonds is 9. The summed E-state index contributed by atoms with van der Waals surface area (Å²) in [6, 6.07) is 17.4. The van der Waals surface area contributed by atoms with Gasteiger partial charge < -0.3 is 10.2 Å². The smallest absolute Gasteiger partial charge is 0.338 e. The molecule has 1 atom stereocenters. The van der Waals surface area contributed by atoms with Crippen molar-refractivity contribution in [2.45, 2.75) is 18.9 Å². The molecule has 0 fully saturated rings. The molecule has 0 aromatic heterocycles. The molecule has 0 bridgehead atoms. The van der Waals surface area contributed by atoms with Crippen LogP contribution in [-0.2, 0) is 16.1 Å². The van der Waals surface area contributed by atoms with E-state index in [1.165, 1.54) is 0 Å². The van der Waals surface area contributed by atoms with Gasteiger partial charge in [0.2, 0.25) is 0 Å². The summed E-state index contributed by atoms with van der Waals surface area (Å²) < 4.78 is 0. The van der Waals surface area contributed by atoms with Gasteiger partial charge in [0.05, 0.1) is 0 Å². The lowest BCUT2D eigenvalue weighted by Gasteiger charge is -2.16. The largest absolute Gasteiger partial charge is 0.357 e. The third-order valence-electron chi connectivity index (χ3n) is 3.58. The zero-order chi connectivity index (χ0) is 18.6. The number of hydrogen-bond donors (Lipinski definition) is 1. The van der Waals surface area contributed by atoms with Gasteiger partial charge in [-0.2, -0.15) is 11.8 Å². The molecule has 1 amide bonds. The molecule has 0 aliphatic carbocycles. The van der Waals surface area contributed by atoms with E-state index in [0.29, 0.717) is 18.4 Å². The van der Waals surface area contributed by atoms with E-state index in [-0.39, 0.29) is 5.91 Å². The number of oxime groups is 1. The van der Waals surface area contributed by atoms with Crippen molar-refractivity contribution in [1.29, 1.82) is 0 Å². The molecule has 0 aliphatic rings. The van der Waals surface area contributed by atoms with Gasteiger partial charge in [-0.1, -0.05) is 53.7 Å². The van der Waals surface area contributed by atoms with Crippen molar-refractivity contribution in [2.24, 2.45) is 5.16 Å². The highest BCUT2D eigenvalue weighted by Gasteiger charge is 2.23. The fraction of sp³-hybridized carbons (Fsp3) is 0.250. The minimum Gasteiger partial charge on any atom is -0.338 e. The van der Waals surface area contributed by atoms with E-state index < -0.39 is 12.0 Å². The zero-order valence-electron chi connectivity index (χ0n) is 14.6. The van der Waals surface area contributed by atoms with Crippen LogP contribution < -0.4 is 5.32 Å². The molecule has 5 nitrogen and oxygen atoms in total. The Balaban J connectivity index is 2.04. The monoisotopic (exact) mass is 370 g/mol. The number of carbonyl (C=O) groups is 2. The summed E-state index contributed by atoms with van der Waals surface area (Å²) in [6.45, 7) is 0.